The van der Waals surface area contributed by atoms with Gasteiger partial charge in [-0.3, -0.25) is 14.4 Å². The largest absolute Gasteiger partial charge is 0.455 e. The van der Waals surface area contributed by atoms with E-state index in [9.17, 15) is 34.2 Å². The summed E-state index contributed by atoms with van der Waals surface area (Å²) in [6.45, 7) is 12.6. The molecule has 3 fully saturated rings. The fourth-order valence-corrected chi connectivity index (χ4v) is 11.5. The number of rotatable bonds is 14. The van der Waals surface area contributed by atoms with Crippen LogP contribution in [-0.4, -0.2) is 113 Å². The van der Waals surface area contributed by atoms with Crippen LogP contribution in [0, 0.1) is 28.6 Å². The maximum Gasteiger partial charge on any atom is 0.408 e. The number of hydrogen-bond donors (Lipinski definition) is 4. The van der Waals surface area contributed by atoms with Gasteiger partial charge >= 0.3 is 36.1 Å². The molecule has 2 amide bonds. The first-order chi connectivity index (χ1) is 34.4. The van der Waals surface area contributed by atoms with Gasteiger partial charge in [-0.1, -0.05) is 107 Å². The monoisotopic (exact) mass is 1010 g/mol. The summed E-state index contributed by atoms with van der Waals surface area (Å²) in [6, 6.07) is 23.4. The van der Waals surface area contributed by atoms with Crippen LogP contribution in [0.15, 0.2) is 102 Å². The smallest absolute Gasteiger partial charge is 0.408 e. The first-order valence-corrected chi connectivity index (χ1v) is 24.4. The molecule has 3 aliphatic carbocycles. The van der Waals surface area contributed by atoms with Crippen molar-refractivity contribution in [2.75, 3.05) is 19.8 Å². The molecule has 0 unspecified atom stereocenters. The molecule has 18 heteroatoms. The molecule has 4 N–H and O–H groups in total. The highest BCUT2D eigenvalue weighted by Crippen LogP contribution is 2.66. The van der Waals surface area contributed by atoms with Gasteiger partial charge in [-0.15, -0.1) is 0 Å². The Balaban J connectivity index is 1.33. The molecule has 1 aliphatic heterocycles. The Morgan fingerprint density at radius 1 is 0.877 bits per heavy atom. The normalized spacial score (nSPS) is 28.9. The summed E-state index contributed by atoms with van der Waals surface area (Å²) in [6.07, 6.45) is -8.26. The Hall–Kier alpha value is -6.63. The number of aliphatic hydroxyl groups is 2. The van der Waals surface area contributed by atoms with Crippen LogP contribution < -0.4 is 10.6 Å². The lowest BCUT2D eigenvalue weighted by molar-refractivity contribution is -0.340. The Kier molecular flexibility index (Phi) is 15.6. The fraction of sp³-hybridized carbons (Fsp3) is 0.509. The van der Waals surface area contributed by atoms with Gasteiger partial charge in [0.25, 0.3) is 0 Å². The molecule has 1 saturated heterocycles. The number of carbonyl (C=O) groups is 7. The maximum absolute atomic E-state index is 15.7. The average molecular weight is 1010 g/mol. The van der Waals surface area contributed by atoms with Gasteiger partial charge in [0, 0.05) is 24.2 Å². The molecule has 392 valence electrons. The van der Waals surface area contributed by atoms with Crippen LogP contribution in [0.5, 0.6) is 0 Å². The topological polar surface area (TPSA) is 249 Å². The van der Waals surface area contributed by atoms with Crippen molar-refractivity contribution in [3.05, 3.63) is 119 Å². The molecule has 0 spiro atoms. The molecule has 18 nitrogen and oxygen atoms in total. The SMILES string of the molecule is CC(=O)O[C@@]12CO[C@@H]1C[C@H](C)[C@@]1(C)C(=O)[C@H](CO)C3=C(C)[C@@H](OC(=O)[C@H](OC(=O)CNC(=O)OCc4ccccc4)[C@@H](NC(=O)OC(C)(C)C)c4ccccc4)C[C@@](O)([C@@H](OC(=O)c4ccccc4)[C@H]21)C3(C)C. The molecule has 0 aromatic heterocycles. The van der Waals surface area contributed by atoms with Crippen LogP contribution in [0.2, 0.25) is 0 Å². The van der Waals surface area contributed by atoms with Crippen molar-refractivity contribution in [1.29, 1.82) is 0 Å². The number of aliphatic hydroxyl groups excluding tert-OH is 1. The molecule has 0 radical (unpaired) electrons. The fourth-order valence-electron chi connectivity index (χ4n) is 11.5. The van der Waals surface area contributed by atoms with E-state index in [4.69, 9.17) is 33.2 Å². The average Bonchev–Trinajstić information content (AvgIpc) is 3.34. The minimum absolute atomic E-state index is 0.109. The number of ketones is 1. The number of hydrogen-bond acceptors (Lipinski definition) is 16. The van der Waals surface area contributed by atoms with Gasteiger partial charge in [0.05, 0.1) is 30.6 Å². The Morgan fingerprint density at radius 3 is 2.07 bits per heavy atom. The summed E-state index contributed by atoms with van der Waals surface area (Å²) in [5.41, 5.74) is -6.55. The molecule has 3 aromatic carbocycles. The maximum atomic E-state index is 15.7. The van der Waals surface area contributed by atoms with Crippen LogP contribution in [-0.2, 0) is 58.9 Å². The third-order valence-electron chi connectivity index (χ3n) is 15.2. The number of alkyl carbamates (subject to hydrolysis) is 2. The first-order valence-electron chi connectivity index (χ1n) is 24.4. The Morgan fingerprint density at radius 2 is 1.49 bits per heavy atom. The number of esters is 4. The zero-order valence-electron chi connectivity index (χ0n) is 42.6. The van der Waals surface area contributed by atoms with Crippen LogP contribution in [0.4, 0.5) is 9.59 Å². The number of ether oxygens (including phenoxy) is 7. The van der Waals surface area contributed by atoms with E-state index < -0.39 is 137 Å². The number of benzene rings is 3. The van der Waals surface area contributed by atoms with Gasteiger partial charge in [0.1, 0.15) is 54.5 Å². The van der Waals surface area contributed by atoms with Crippen LogP contribution in [0.25, 0.3) is 0 Å². The Labute approximate surface area is 424 Å². The van der Waals surface area contributed by atoms with Crippen molar-refractivity contribution in [3.63, 3.8) is 0 Å². The number of fused-ring (bicyclic) bond motifs is 5. The summed E-state index contributed by atoms with van der Waals surface area (Å²) in [5.74, 6) is -7.67. The van der Waals surface area contributed by atoms with Crippen molar-refractivity contribution < 1.29 is 76.9 Å². The molecule has 4 aliphatic rings. The van der Waals surface area contributed by atoms with E-state index in [1.807, 2.05) is 6.92 Å². The summed E-state index contributed by atoms with van der Waals surface area (Å²) in [5, 5.41) is 30.3. The van der Waals surface area contributed by atoms with Crippen LogP contribution in [0.3, 0.4) is 0 Å². The van der Waals surface area contributed by atoms with Gasteiger partial charge in [-0.25, -0.2) is 19.2 Å². The standard InChI is InChI=1S/C55H66N2O16/c1-31-25-39-54(30-68-39,72-33(3)59)44-46(71-47(62)36-23-17-12-18-24-36)55(66)26-38(32(2)41(52(55,7)8)37(28-58)45(61)53(31,44)9)69-48(63)43(42(35-21-15-11-16-22-35)57-50(65)73-51(4,5)6)70-40(60)27-56-49(64)67-29-34-19-13-10-14-20-34/h10-24,31,37-39,42-44,46,58,66H,25-30H2,1-9H3,(H,56,64)(H,57,65)/t31-,37+,38-,39+,42-,43+,44-,46-,53+,54-,55+/m0/s1. The van der Waals surface area contributed by atoms with Crippen molar-refractivity contribution in [3.8, 4) is 0 Å². The van der Waals surface area contributed by atoms with E-state index in [1.54, 1.807) is 127 Å². The third kappa shape index (κ3) is 10.6. The number of Topliss-reactive ketones (excluding diaryl/α,β-unsaturated/α-hetero) is 1. The molecule has 7 rings (SSSR count). The van der Waals surface area contributed by atoms with Crippen LogP contribution in [0.1, 0.15) is 103 Å². The highest BCUT2D eigenvalue weighted by Gasteiger charge is 2.77. The summed E-state index contributed by atoms with van der Waals surface area (Å²) in [4.78, 5) is 98.7. The lowest BCUT2D eigenvalue weighted by Gasteiger charge is -2.68. The van der Waals surface area contributed by atoms with Crippen molar-refractivity contribution in [1.82, 2.24) is 10.6 Å². The number of amides is 2. The lowest BCUT2D eigenvalue weighted by atomic mass is 9.42. The molecule has 1 heterocycles. The molecular formula is C55H66N2O16. The van der Waals surface area contributed by atoms with Gasteiger partial charge < -0.3 is 54.0 Å². The predicted molar refractivity (Wildman–Crippen MR) is 260 cm³/mol. The van der Waals surface area contributed by atoms with E-state index in [0.29, 0.717) is 5.56 Å². The minimum atomic E-state index is -2.31. The van der Waals surface area contributed by atoms with E-state index in [0.717, 1.165) is 0 Å². The summed E-state index contributed by atoms with van der Waals surface area (Å²) >= 11 is 0. The van der Waals surface area contributed by atoms with Gasteiger partial charge in [-0.05, 0) is 74.4 Å². The molecule has 2 bridgehead atoms. The zero-order valence-corrected chi connectivity index (χ0v) is 42.6. The quantitative estimate of drug-likeness (QED) is 0.0790. The van der Waals surface area contributed by atoms with E-state index in [-0.39, 0.29) is 41.9 Å². The second-order valence-electron chi connectivity index (χ2n) is 21.2. The van der Waals surface area contributed by atoms with E-state index in [2.05, 4.69) is 10.6 Å². The first kappa shape index (κ1) is 54.2. The second kappa shape index (κ2) is 21.1. The summed E-state index contributed by atoms with van der Waals surface area (Å²) in [7, 11) is 0. The Bertz CT molecular complexity index is 2600. The van der Waals surface area contributed by atoms with E-state index in [1.165, 1.54) is 19.1 Å². The van der Waals surface area contributed by atoms with Crippen molar-refractivity contribution in [2.24, 2.45) is 28.6 Å². The zero-order chi connectivity index (χ0) is 53.3. The second-order valence-corrected chi connectivity index (χ2v) is 21.2. The van der Waals surface area contributed by atoms with E-state index >= 15 is 9.59 Å². The third-order valence-corrected chi connectivity index (χ3v) is 15.2. The van der Waals surface area contributed by atoms with Crippen molar-refractivity contribution in [2.45, 2.75) is 129 Å². The number of carbonyl (C=O) groups excluding carboxylic acids is 7. The highest BCUT2D eigenvalue weighted by molar-refractivity contribution is 5.93. The predicted octanol–water partition coefficient (Wildman–Crippen LogP) is 6.26. The molecule has 2 saturated carbocycles. The number of nitrogens with one attached hydrogen (secondary N) is 2. The van der Waals surface area contributed by atoms with Gasteiger partial charge in [0.15, 0.2) is 5.60 Å². The highest BCUT2D eigenvalue weighted by atomic mass is 16.6. The molecular weight excluding hydrogens is 945 g/mol. The van der Waals surface area contributed by atoms with Crippen LogP contribution >= 0.6 is 0 Å². The molecule has 11 atom stereocenters. The van der Waals surface area contributed by atoms with Gasteiger partial charge in [0.2, 0.25) is 6.10 Å². The van der Waals surface area contributed by atoms with Gasteiger partial charge in [-0.2, -0.15) is 0 Å². The summed E-state index contributed by atoms with van der Waals surface area (Å²) < 4.78 is 41.9. The molecule has 3 aromatic rings. The molecule has 73 heavy (non-hydrogen) atoms. The lowest BCUT2D eigenvalue weighted by Crippen LogP contribution is -2.80. The van der Waals surface area contributed by atoms with Crippen molar-refractivity contribution >= 4 is 41.8 Å². The minimum Gasteiger partial charge on any atom is -0.455 e.